The third-order valence-corrected chi connectivity index (χ3v) is 3.02. The molecule has 0 aromatic carbocycles. The normalized spacial score (nSPS) is 23.9. The Morgan fingerprint density at radius 1 is 1.53 bits per heavy atom. The number of rotatable bonds is 5. The monoisotopic (exact) mass is 206 g/mol. The molecule has 1 saturated carbocycles. The fraction of sp³-hybridized carbons (Fsp3) is 0.583. The maximum absolute atomic E-state index is 5.01. The molecule has 2 unspecified atom stereocenters. The molecule has 0 spiro atoms. The summed E-state index contributed by atoms with van der Waals surface area (Å²) < 4.78 is 5.01. The molecular formula is C12H18N2O. The van der Waals surface area contributed by atoms with Crippen molar-refractivity contribution in [1.29, 1.82) is 0 Å². The quantitative estimate of drug-likeness (QED) is 0.800. The molecule has 1 heterocycles. The van der Waals surface area contributed by atoms with Crippen molar-refractivity contribution in [3.8, 4) is 5.88 Å². The van der Waals surface area contributed by atoms with Crippen molar-refractivity contribution in [2.24, 2.45) is 5.92 Å². The molecule has 15 heavy (non-hydrogen) atoms. The van der Waals surface area contributed by atoms with Crippen LogP contribution < -0.4 is 10.1 Å². The number of hydrogen-bond donors (Lipinski definition) is 1. The Labute approximate surface area is 90.9 Å². The van der Waals surface area contributed by atoms with Gasteiger partial charge in [0.25, 0.3) is 0 Å². The summed E-state index contributed by atoms with van der Waals surface area (Å²) in [6.07, 6.45) is 4.49. The van der Waals surface area contributed by atoms with Crippen molar-refractivity contribution in [1.82, 2.24) is 10.3 Å². The summed E-state index contributed by atoms with van der Waals surface area (Å²) in [5.74, 6) is 1.58. The number of nitrogens with zero attached hydrogens (tertiary/aromatic N) is 1. The molecule has 2 atom stereocenters. The van der Waals surface area contributed by atoms with Gasteiger partial charge in [-0.15, -0.1) is 0 Å². The second-order valence-corrected chi connectivity index (χ2v) is 4.10. The summed E-state index contributed by atoms with van der Waals surface area (Å²) in [5.41, 5.74) is 1.22. The third-order valence-electron chi connectivity index (χ3n) is 3.02. The summed E-state index contributed by atoms with van der Waals surface area (Å²) in [6.45, 7) is 3.17. The van der Waals surface area contributed by atoms with Gasteiger partial charge in [0, 0.05) is 24.8 Å². The van der Waals surface area contributed by atoms with Crippen LogP contribution in [0.4, 0.5) is 0 Å². The van der Waals surface area contributed by atoms with E-state index in [0.29, 0.717) is 5.88 Å². The molecule has 3 nitrogen and oxygen atoms in total. The molecule has 3 heteroatoms. The second kappa shape index (κ2) is 4.62. The summed E-state index contributed by atoms with van der Waals surface area (Å²) in [7, 11) is 1.64. The average Bonchev–Trinajstić information content (AvgIpc) is 3.06. The van der Waals surface area contributed by atoms with Crippen molar-refractivity contribution in [2.75, 3.05) is 7.11 Å². The first-order chi connectivity index (χ1) is 7.33. The van der Waals surface area contributed by atoms with Crippen molar-refractivity contribution in [3.05, 3.63) is 23.9 Å². The summed E-state index contributed by atoms with van der Waals surface area (Å²) in [5, 5.41) is 3.53. The number of pyridine rings is 1. The predicted octanol–water partition coefficient (Wildman–Crippen LogP) is 1.98. The molecule has 1 aromatic rings. The van der Waals surface area contributed by atoms with E-state index < -0.39 is 0 Å². The van der Waals surface area contributed by atoms with Gasteiger partial charge in [0.15, 0.2) is 0 Å². The van der Waals surface area contributed by atoms with Gasteiger partial charge in [0.1, 0.15) is 0 Å². The molecule has 0 saturated heterocycles. The smallest absolute Gasteiger partial charge is 0.212 e. The van der Waals surface area contributed by atoms with Crippen LogP contribution in [0, 0.1) is 5.92 Å². The maximum atomic E-state index is 5.01. The van der Waals surface area contributed by atoms with E-state index in [4.69, 9.17) is 4.74 Å². The van der Waals surface area contributed by atoms with E-state index in [0.717, 1.165) is 18.5 Å². The molecule has 0 bridgehead atoms. The first-order valence-electron chi connectivity index (χ1n) is 5.55. The Balaban J connectivity index is 1.79. The van der Waals surface area contributed by atoms with Crippen LogP contribution in [0.1, 0.15) is 25.3 Å². The van der Waals surface area contributed by atoms with Gasteiger partial charge in [0.2, 0.25) is 5.88 Å². The summed E-state index contributed by atoms with van der Waals surface area (Å²) >= 11 is 0. The Morgan fingerprint density at radius 3 is 2.93 bits per heavy atom. The van der Waals surface area contributed by atoms with Gasteiger partial charge < -0.3 is 10.1 Å². The second-order valence-electron chi connectivity index (χ2n) is 4.10. The molecule has 1 aliphatic rings. The van der Waals surface area contributed by atoms with Gasteiger partial charge in [-0.2, -0.15) is 0 Å². The number of hydrogen-bond acceptors (Lipinski definition) is 3. The van der Waals surface area contributed by atoms with Gasteiger partial charge in [-0.3, -0.25) is 0 Å². The fourth-order valence-electron chi connectivity index (χ4n) is 1.83. The molecule has 0 amide bonds. The summed E-state index contributed by atoms with van der Waals surface area (Å²) in [6, 6.07) is 4.70. The number of methoxy groups -OCH3 is 1. The van der Waals surface area contributed by atoms with E-state index in [-0.39, 0.29) is 0 Å². The summed E-state index contributed by atoms with van der Waals surface area (Å²) in [4.78, 5) is 4.17. The number of nitrogens with one attached hydrogen (secondary N) is 1. The number of ether oxygens (including phenoxy) is 1. The molecule has 1 aromatic heterocycles. The van der Waals surface area contributed by atoms with E-state index in [2.05, 4.69) is 23.3 Å². The zero-order valence-electron chi connectivity index (χ0n) is 9.36. The number of aromatic nitrogens is 1. The highest BCUT2D eigenvalue weighted by atomic mass is 16.5. The zero-order valence-corrected chi connectivity index (χ0v) is 9.36. The van der Waals surface area contributed by atoms with Crippen molar-refractivity contribution < 1.29 is 4.74 Å². The van der Waals surface area contributed by atoms with Gasteiger partial charge >= 0.3 is 0 Å². The predicted molar refractivity (Wildman–Crippen MR) is 59.8 cm³/mol. The van der Waals surface area contributed by atoms with Gasteiger partial charge in [0.05, 0.1) is 7.11 Å². The van der Waals surface area contributed by atoms with Crippen molar-refractivity contribution in [3.63, 3.8) is 0 Å². The molecule has 2 rings (SSSR count). The lowest BCUT2D eigenvalue weighted by Crippen LogP contribution is -2.17. The Bertz CT molecular complexity index is 310. The zero-order chi connectivity index (χ0) is 10.7. The molecule has 1 N–H and O–H groups in total. The van der Waals surface area contributed by atoms with Gasteiger partial charge in [-0.25, -0.2) is 4.98 Å². The van der Waals surface area contributed by atoms with Crippen molar-refractivity contribution >= 4 is 0 Å². The lowest BCUT2D eigenvalue weighted by molar-refractivity contribution is 0.397. The van der Waals surface area contributed by atoms with Crippen LogP contribution >= 0.6 is 0 Å². The third kappa shape index (κ3) is 2.69. The van der Waals surface area contributed by atoms with Crippen LogP contribution in [-0.2, 0) is 6.54 Å². The Morgan fingerprint density at radius 2 is 2.40 bits per heavy atom. The first kappa shape index (κ1) is 10.4. The molecule has 0 radical (unpaired) electrons. The highest BCUT2D eigenvalue weighted by Gasteiger charge is 2.34. The van der Waals surface area contributed by atoms with E-state index in [9.17, 15) is 0 Å². The highest BCUT2D eigenvalue weighted by molar-refractivity contribution is 5.17. The van der Waals surface area contributed by atoms with Crippen molar-refractivity contribution in [2.45, 2.75) is 32.4 Å². The van der Waals surface area contributed by atoms with Crippen LogP contribution in [0.3, 0.4) is 0 Å². The molecular weight excluding hydrogens is 188 g/mol. The first-order valence-corrected chi connectivity index (χ1v) is 5.55. The van der Waals surface area contributed by atoms with E-state index in [1.54, 1.807) is 7.11 Å². The van der Waals surface area contributed by atoms with Crippen LogP contribution in [0.25, 0.3) is 0 Å². The lowest BCUT2D eigenvalue weighted by Gasteiger charge is -2.04. The van der Waals surface area contributed by atoms with Crippen LogP contribution in [0.2, 0.25) is 0 Å². The maximum Gasteiger partial charge on any atom is 0.212 e. The van der Waals surface area contributed by atoms with Crippen LogP contribution in [0.15, 0.2) is 18.3 Å². The fourth-order valence-corrected chi connectivity index (χ4v) is 1.83. The topological polar surface area (TPSA) is 34.1 Å². The average molecular weight is 206 g/mol. The molecule has 1 aliphatic carbocycles. The minimum absolute atomic E-state index is 0.677. The Kier molecular flexibility index (Phi) is 3.21. The van der Waals surface area contributed by atoms with Gasteiger partial charge in [-0.1, -0.05) is 19.4 Å². The van der Waals surface area contributed by atoms with Gasteiger partial charge in [-0.05, 0) is 17.9 Å². The van der Waals surface area contributed by atoms with E-state index >= 15 is 0 Å². The lowest BCUT2D eigenvalue weighted by atomic mass is 10.2. The molecule has 0 aliphatic heterocycles. The standard InChI is InChI=1S/C12H18N2O/c1-3-10-6-11(10)13-7-9-4-5-12(15-2)14-8-9/h4-5,8,10-11,13H,3,6-7H2,1-2H3. The minimum atomic E-state index is 0.677. The van der Waals surface area contributed by atoms with E-state index in [1.165, 1.54) is 18.4 Å². The highest BCUT2D eigenvalue weighted by Crippen LogP contribution is 2.33. The van der Waals surface area contributed by atoms with Crippen LogP contribution in [-0.4, -0.2) is 18.1 Å². The SMILES string of the molecule is CCC1CC1NCc1ccc(OC)nc1. The van der Waals surface area contributed by atoms with E-state index in [1.807, 2.05) is 12.3 Å². The Hall–Kier alpha value is -1.09. The largest absolute Gasteiger partial charge is 0.481 e. The molecule has 1 fully saturated rings. The van der Waals surface area contributed by atoms with Crippen LogP contribution in [0.5, 0.6) is 5.88 Å². The molecule has 82 valence electrons. The minimum Gasteiger partial charge on any atom is -0.481 e.